The van der Waals surface area contributed by atoms with Crippen LogP contribution >= 0.6 is 15.9 Å². The molecule has 0 aliphatic carbocycles. The Labute approximate surface area is 179 Å². The molecule has 150 valence electrons. The number of carbonyl (C=O) groups is 1. The maximum atomic E-state index is 13.2. The number of rotatable bonds is 4. The topological polar surface area (TPSA) is 48.5 Å². The molecule has 0 bridgehead atoms. The standard InChI is InChI=1S/C23H25BrN4O/c1-3-16-4-6-17(7-5-16)22-15-20(19-14-18(24)8-9-21(19)25-22)23(29)26-28-12-10-27(2)11-13-28/h4-9,14-15H,3,10-13H2,1-2H3,(H,26,29). The van der Waals surface area contributed by atoms with Crippen molar-refractivity contribution < 1.29 is 4.79 Å². The van der Waals surface area contributed by atoms with E-state index >= 15 is 0 Å². The Morgan fingerprint density at radius 2 is 1.79 bits per heavy atom. The highest BCUT2D eigenvalue weighted by Crippen LogP contribution is 2.27. The zero-order chi connectivity index (χ0) is 20.4. The fourth-order valence-corrected chi connectivity index (χ4v) is 3.93. The minimum atomic E-state index is -0.0912. The minimum Gasteiger partial charge on any atom is -0.304 e. The normalized spacial score (nSPS) is 15.6. The van der Waals surface area contributed by atoms with Crippen molar-refractivity contribution in [1.29, 1.82) is 0 Å². The highest BCUT2D eigenvalue weighted by atomic mass is 79.9. The van der Waals surface area contributed by atoms with Gasteiger partial charge in [-0.05, 0) is 43.3 Å². The molecule has 2 aromatic carbocycles. The smallest absolute Gasteiger partial charge is 0.266 e. The fraction of sp³-hybridized carbons (Fsp3) is 0.304. The summed E-state index contributed by atoms with van der Waals surface area (Å²) in [7, 11) is 2.10. The lowest BCUT2D eigenvalue weighted by atomic mass is 10.0. The molecule has 0 unspecified atom stereocenters. The van der Waals surface area contributed by atoms with Gasteiger partial charge in [-0.1, -0.05) is 47.1 Å². The average Bonchev–Trinajstić information content (AvgIpc) is 2.74. The van der Waals surface area contributed by atoms with Crippen molar-refractivity contribution in [1.82, 2.24) is 20.3 Å². The van der Waals surface area contributed by atoms with Crippen molar-refractivity contribution in [3.8, 4) is 11.3 Å². The highest BCUT2D eigenvalue weighted by Gasteiger charge is 2.19. The van der Waals surface area contributed by atoms with Crippen molar-refractivity contribution in [2.45, 2.75) is 13.3 Å². The van der Waals surface area contributed by atoms with E-state index in [0.29, 0.717) is 5.56 Å². The lowest BCUT2D eigenvalue weighted by Crippen LogP contribution is -2.52. The van der Waals surface area contributed by atoms with E-state index in [2.05, 4.69) is 64.5 Å². The SMILES string of the molecule is CCc1ccc(-c2cc(C(=O)NN3CCN(C)CC3)c3cc(Br)ccc3n2)cc1. The maximum absolute atomic E-state index is 13.2. The van der Waals surface area contributed by atoms with Crippen molar-refractivity contribution >= 4 is 32.7 Å². The molecule has 1 aliphatic heterocycles. The number of hydrogen-bond acceptors (Lipinski definition) is 4. The first-order valence-electron chi connectivity index (χ1n) is 9.97. The quantitative estimate of drug-likeness (QED) is 0.646. The third-order valence-corrected chi connectivity index (χ3v) is 5.93. The molecule has 1 fully saturated rings. The van der Waals surface area contributed by atoms with Gasteiger partial charge in [0.25, 0.3) is 5.91 Å². The molecular formula is C23H25BrN4O. The molecule has 1 amide bonds. The minimum absolute atomic E-state index is 0.0912. The second-order valence-corrected chi connectivity index (χ2v) is 8.41. The molecule has 3 aromatic rings. The molecule has 0 saturated carbocycles. The number of nitrogens with zero attached hydrogens (tertiary/aromatic N) is 3. The third kappa shape index (κ3) is 4.50. The van der Waals surface area contributed by atoms with Crippen LogP contribution < -0.4 is 5.43 Å². The molecule has 6 heteroatoms. The molecule has 0 spiro atoms. The molecule has 2 heterocycles. The molecule has 0 radical (unpaired) electrons. The van der Waals surface area contributed by atoms with Crippen LogP contribution in [0.3, 0.4) is 0 Å². The van der Waals surface area contributed by atoms with Crippen LogP contribution in [0, 0.1) is 0 Å². The van der Waals surface area contributed by atoms with E-state index in [0.717, 1.165) is 59.2 Å². The van der Waals surface area contributed by atoms with Crippen molar-refractivity contribution in [3.63, 3.8) is 0 Å². The zero-order valence-electron chi connectivity index (χ0n) is 16.8. The van der Waals surface area contributed by atoms with Crippen LogP contribution in [0.15, 0.2) is 53.0 Å². The summed E-state index contributed by atoms with van der Waals surface area (Å²) in [6, 6.07) is 16.2. The van der Waals surface area contributed by atoms with Crippen molar-refractivity contribution in [2.75, 3.05) is 33.2 Å². The first kappa shape index (κ1) is 20.0. The molecule has 1 saturated heterocycles. The lowest BCUT2D eigenvalue weighted by molar-refractivity contribution is 0.0664. The molecule has 1 aliphatic rings. The van der Waals surface area contributed by atoms with Gasteiger partial charge in [-0.15, -0.1) is 0 Å². The summed E-state index contributed by atoms with van der Waals surface area (Å²) in [4.78, 5) is 20.3. The van der Waals surface area contributed by atoms with Gasteiger partial charge in [0.15, 0.2) is 0 Å². The van der Waals surface area contributed by atoms with Crippen LogP contribution in [0.5, 0.6) is 0 Å². The van der Waals surface area contributed by atoms with Crippen LogP contribution in [-0.4, -0.2) is 54.0 Å². The van der Waals surface area contributed by atoms with Crippen LogP contribution in [0.25, 0.3) is 22.2 Å². The predicted molar refractivity (Wildman–Crippen MR) is 121 cm³/mol. The maximum Gasteiger partial charge on any atom is 0.266 e. The van der Waals surface area contributed by atoms with Gasteiger partial charge in [-0.25, -0.2) is 9.99 Å². The first-order valence-corrected chi connectivity index (χ1v) is 10.8. The van der Waals surface area contributed by atoms with Gasteiger partial charge < -0.3 is 4.90 Å². The predicted octanol–water partition coefficient (Wildman–Crippen LogP) is 4.12. The van der Waals surface area contributed by atoms with Crippen molar-refractivity contribution in [2.24, 2.45) is 0 Å². The van der Waals surface area contributed by atoms with Gasteiger partial charge in [0, 0.05) is 41.6 Å². The van der Waals surface area contributed by atoms with Gasteiger partial charge in [0.2, 0.25) is 0 Å². The fourth-order valence-electron chi connectivity index (χ4n) is 3.57. The second kappa shape index (κ2) is 8.61. The molecular weight excluding hydrogens is 428 g/mol. The number of hydrogen-bond donors (Lipinski definition) is 1. The molecule has 1 aromatic heterocycles. The van der Waals surface area contributed by atoms with E-state index in [1.54, 1.807) is 0 Å². The molecule has 0 atom stereocenters. The summed E-state index contributed by atoms with van der Waals surface area (Å²) in [5.41, 5.74) is 7.66. The van der Waals surface area contributed by atoms with Crippen LogP contribution in [0.4, 0.5) is 0 Å². The largest absolute Gasteiger partial charge is 0.304 e. The van der Waals surface area contributed by atoms with Gasteiger partial charge in [-0.3, -0.25) is 10.2 Å². The second-order valence-electron chi connectivity index (χ2n) is 7.50. The van der Waals surface area contributed by atoms with Crippen molar-refractivity contribution in [3.05, 3.63) is 64.1 Å². The van der Waals surface area contributed by atoms with Crippen LogP contribution in [0.2, 0.25) is 0 Å². The number of pyridine rings is 1. The highest BCUT2D eigenvalue weighted by molar-refractivity contribution is 9.10. The summed E-state index contributed by atoms with van der Waals surface area (Å²) in [6.45, 7) is 5.67. The monoisotopic (exact) mass is 452 g/mol. The van der Waals surface area contributed by atoms with E-state index < -0.39 is 0 Å². The molecule has 4 rings (SSSR count). The van der Waals surface area contributed by atoms with Gasteiger partial charge in [-0.2, -0.15) is 0 Å². The Hall–Kier alpha value is -2.28. The Bertz CT molecular complexity index is 1030. The Morgan fingerprint density at radius 3 is 2.48 bits per heavy atom. The van der Waals surface area contributed by atoms with E-state index in [-0.39, 0.29) is 5.91 Å². The van der Waals surface area contributed by atoms with E-state index in [1.165, 1.54) is 5.56 Å². The van der Waals surface area contributed by atoms with E-state index in [1.807, 2.05) is 29.3 Å². The number of halogens is 1. The lowest BCUT2D eigenvalue weighted by Gasteiger charge is -2.32. The number of amides is 1. The summed E-state index contributed by atoms with van der Waals surface area (Å²) >= 11 is 3.52. The number of carbonyl (C=O) groups excluding carboxylic acids is 1. The van der Waals surface area contributed by atoms with Crippen LogP contribution in [-0.2, 0) is 6.42 Å². The Balaban J connectivity index is 1.72. The third-order valence-electron chi connectivity index (χ3n) is 5.44. The number of piperazine rings is 1. The number of likely N-dealkylation sites (N-methyl/N-ethyl adjacent to an activating group) is 1. The van der Waals surface area contributed by atoms with Gasteiger partial charge >= 0.3 is 0 Å². The summed E-state index contributed by atoms with van der Waals surface area (Å²) < 4.78 is 0.931. The van der Waals surface area contributed by atoms with Gasteiger partial charge in [0.1, 0.15) is 0 Å². The number of hydrazine groups is 1. The summed E-state index contributed by atoms with van der Waals surface area (Å²) in [5, 5.41) is 2.85. The molecule has 5 nitrogen and oxygen atoms in total. The Kier molecular flexibility index (Phi) is 5.94. The van der Waals surface area contributed by atoms with Crippen LogP contribution in [0.1, 0.15) is 22.8 Å². The number of benzene rings is 2. The molecule has 29 heavy (non-hydrogen) atoms. The Morgan fingerprint density at radius 1 is 1.07 bits per heavy atom. The van der Waals surface area contributed by atoms with E-state index in [4.69, 9.17) is 4.98 Å². The van der Waals surface area contributed by atoms with E-state index in [9.17, 15) is 4.79 Å². The summed E-state index contributed by atoms with van der Waals surface area (Å²) in [5.74, 6) is -0.0912. The molecule has 1 N–H and O–H groups in total. The van der Waals surface area contributed by atoms with Gasteiger partial charge in [0.05, 0.1) is 16.8 Å². The summed E-state index contributed by atoms with van der Waals surface area (Å²) in [6.07, 6.45) is 0.998. The number of aryl methyl sites for hydroxylation is 1. The number of aromatic nitrogens is 1. The number of fused-ring (bicyclic) bond motifs is 1. The zero-order valence-corrected chi connectivity index (χ0v) is 18.4. The number of nitrogens with one attached hydrogen (secondary N) is 1. The first-order chi connectivity index (χ1) is 14.0. The average molecular weight is 453 g/mol.